The summed E-state index contributed by atoms with van der Waals surface area (Å²) in [7, 11) is 0. The highest BCUT2D eigenvalue weighted by molar-refractivity contribution is 6.00. The van der Waals surface area contributed by atoms with Gasteiger partial charge in [0.15, 0.2) is 0 Å². The van der Waals surface area contributed by atoms with Crippen molar-refractivity contribution in [2.45, 2.75) is 13.8 Å². The Bertz CT molecular complexity index is 927. The summed E-state index contributed by atoms with van der Waals surface area (Å²) in [4.78, 5) is 16.7. The van der Waals surface area contributed by atoms with Gasteiger partial charge in [-0.05, 0) is 44.2 Å². The number of aliphatic imine (C=N–C) groups is 1. The third-order valence-corrected chi connectivity index (χ3v) is 3.94. The highest BCUT2D eigenvalue weighted by Crippen LogP contribution is 2.25. The molecule has 0 aliphatic heterocycles. The van der Waals surface area contributed by atoms with Gasteiger partial charge >= 0.3 is 0 Å². The lowest BCUT2D eigenvalue weighted by atomic mass is 10.2. The molecule has 5 nitrogen and oxygen atoms in total. The zero-order chi connectivity index (χ0) is 17.8. The minimum atomic E-state index is -0.174. The van der Waals surface area contributed by atoms with E-state index in [2.05, 4.69) is 10.4 Å². The Morgan fingerprint density at radius 1 is 1.08 bits per heavy atom. The second-order valence-corrected chi connectivity index (χ2v) is 5.72. The van der Waals surface area contributed by atoms with Crippen molar-refractivity contribution in [2.24, 2.45) is 4.99 Å². The number of rotatable bonds is 4. The summed E-state index contributed by atoms with van der Waals surface area (Å²) in [6.45, 7) is 3.82. The van der Waals surface area contributed by atoms with Gasteiger partial charge in [-0.25, -0.2) is 0 Å². The van der Waals surface area contributed by atoms with Gasteiger partial charge in [-0.3, -0.25) is 19.9 Å². The van der Waals surface area contributed by atoms with Crippen molar-refractivity contribution in [3.8, 4) is 5.75 Å². The lowest BCUT2D eigenvalue weighted by Crippen LogP contribution is -2.24. The van der Waals surface area contributed by atoms with Crippen LogP contribution >= 0.6 is 0 Å². The van der Waals surface area contributed by atoms with Crippen LogP contribution in [0.3, 0.4) is 0 Å². The van der Waals surface area contributed by atoms with E-state index in [0.29, 0.717) is 11.3 Å². The highest BCUT2D eigenvalue weighted by atomic mass is 16.3. The summed E-state index contributed by atoms with van der Waals surface area (Å²) in [5.41, 5.74) is 6.61. The standard InChI is InChI=1S/C20H19N3O2/c1-14-12-17(13-21-18-10-6-7-11-19(18)24)15(2)23(14)22-20(25)16-8-4-3-5-9-16/h3-13,24H,1-2H3,(H,22,25). The van der Waals surface area contributed by atoms with E-state index in [1.54, 1.807) is 41.2 Å². The lowest BCUT2D eigenvalue weighted by molar-refractivity contribution is 0.101. The number of para-hydroxylation sites is 2. The number of hydrogen-bond acceptors (Lipinski definition) is 3. The summed E-state index contributed by atoms with van der Waals surface area (Å²) in [6, 6.07) is 17.9. The quantitative estimate of drug-likeness (QED) is 0.710. The summed E-state index contributed by atoms with van der Waals surface area (Å²) in [6.07, 6.45) is 1.68. The Balaban J connectivity index is 1.84. The zero-order valence-electron chi connectivity index (χ0n) is 14.1. The van der Waals surface area contributed by atoms with E-state index in [9.17, 15) is 9.90 Å². The van der Waals surface area contributed by atoms with Crippen molar-refractivity contribution in [2.75, 3.05) is 5.43 Å². The minimum absolute atomic E-state index is 0.130. The molecule has 3 rings (SSSR count). The molecular weight excluding hydrogens is 314 g/mol. The molecular formula is C20H19N3O2. The summed E-state index contributed by atoms with van der Waals surface area (Å²) < 4.78 is 1.74. The number of carbonyl (C=O) groups is 1. The van der Waals surface area contributed by atoms with Crippen molar-refractivity contribution in [3.05, 3.63) is 83.2 Å². The maximum absolute atomic E-state index is 12.4. The number of phenols is 1. The third kappa shape index (κ3) is 3.61. The number of carbonyl (C=O) groups excluding carboxylic acids is 1. The van der Waals surface area contributed by atoms with E-state index < -0.39 is 0 Å². The van der Waals surface area contributed by atoms with Gasteiger partial charge in [0.25, 0.3) is 5.91 Å². The van der Waals surface area contributed by atoms with E-state index in [4.69, 9.17) is 0 Å². The van der Waals surface area contributed by atoms with Crippen LogP contribution in [0.1, 0.15) is 27.3 Å². The molecule has 0 aliphatic rings. The summed E-state index contributed by atoms with van der Waals surface area (Å²) in [5, 5.41) is 9.79. The van der Waals surface area contributed by atoms with Crippen LogP contribution in [0.5, 0.6) is 5.75 Å². The first kappa shape index (κ1) is 16.5. The largest absolute Gasteiger partial charge is 0.506 e. The molecule has 0 radical (unpaired) electrons. The molecule has 25 heavy (non-hydrogen) atoms. The number of aromatic hydroxyl groups is 1. The molecule has 0 atom stereocenters. The molecule has 2 aromatic carbocycles. The molecule has 126 valence electrons. The Kier molecular flexibility index (Phi) is 4.66. The van der Waals surface area contributed by atoms with Crippen LogP contribution in [0.25, 0.3) is 0 Å². The molecule has 1 amide bonds. The van der Waals surface area contributed by atoms with Crippen LogP contribution in [0.2, 0.25) is 0 Å². The van der Waals surface area contributed by atoms with Gasteiger partial charge in [0.2, 0.25) is 0 Å². The maximum atomic E-state index is 12.4. The Labute approximate surface area is 146 Å². The van der Waals surface area contributed by atoms with Crippen LogP contribution in [-0.4, -0.2) is 21.9 Å². The number of aryl methyl sites for hydroxylation is 1. The van der Waals surface area contributed by atoms with Crippen LogP contribution in [0, 0.1) is 13.8 Å². The highest BCUT2D eigenvalue weighted by Gasteiger charge is 2.11. The molecule has 5 heteroatoms. The zero-order valence-corrected chi connectivity index (χ0v) is 14.1. The predicted octanol–water partition coefficient (Wildman–Crippen LogP) is 3.95. The van der Waals surface area contributed by atoms with Gasteiger partial charge in [0, 0.05) is 28.7 Å². The van der Waals surface area contributed by atoms with Crippen molar-refractivity contribution < 1.29 is 9.90 Å². The topological polar surface area (TPSA) is 66.6 Å². The van der Waals surface area contributed by atoms with E-state index in [1.807, 2.05) is 44.2 Å². The molecule has 0 saturated carbocycles. The monoisotopic (exact) mass is 333 g/mol. The average Bonchev–Trinajstić information content (AvgIpc) is 2.89. The molecule has 2 N–H and O–H groups in total. The maximum Gasteiger partial charge on any atom is 0.270 e. The smallest absolute Gasteiger partial charge is 0.270 e. The molecule has 0 unspecified atom stereocenters. The van der Waals surface area contributed by atoms with Crippen molar-refractivity contribution >= 4 is 17.8 Å². The summed E-state index contributed by atoms with van der Waals surface area (Å²) in [5.74, 6) is -0.0449. The van der Waals surface area contributed by atoms with Crippen LogP contribution in [0.4, 0.5) is 5.69 Å². The number of aromatic nitrogens is 1. The molecule has 0 saturated heterocycles. The minimum Gasteiger partial charge on any atom is -0.506 e. The van der Waals surface area contributed by atoms with E-state index in [1.165, 1.54) is 0 Å². The fourth-order valence-electron chi connectivity index (χ4n) is 2.56. The number of amides is 1. The van der Waals surface area contributed by atoms with Crippen molar-refractivity contribution in [3.63, 3.8) is 0 Å². The second-order valence-electron chi connectivity index (χ2n) is 5.72. The van der Waals surface area contributed by atoms with Gasteiger partial charge in [-0.1, -0.05) is 30.3 Å². The van der Waals surface area contributed by atoms with Crippen LogP contribution in [0.15, 0.2) is 65.7 Å². The van der Waals surface area contributed by atoms with Crippen molar-refractivity contribution in [1.29, 1.82) is 0 Å². The average molecular weight is 333 g/mol. The fourth-order valence-corrected chi connectivity index (χ4v) is 2.56. The first-order valence-corrected chi connectivity index (χ1v) is 7.93. The normalized spacial score (nSPS) is 11.0. The Morgan fingerprint density at radius 2 is 1.76 bits per heavy atom. The first-order chi connectivity index (χ1) is 12.1. The van der Waals surface area contributed by atoms with Gasteiger partial charge in [-0.15, -0.1) is 0 Å². The van der Waals surface area contributed by atoms with Gasteiger partial charge in [0.1, 0.15) is 11.4 Å². The summed E-state index contributed by atoms with van der Waals surface area (Å²) >= 11 is 0. The molecule has 0 spiro atoms. The second kappa shape index (κ2) is 7.05. The van der Waals surface area contributed by atoms with Gasteiger partial charge < -0.3 is 5.11 Å². The van der Waals surface area contributed by atoms with Gasteiger partial charge in [-0.2, -0.15) is 0 Å². The molecule has 1 aromatic heterocycles. The molecule has 1 heterocycles. The number of nitrogens with one attached hydrogen (secondary N) is 1. The lowest BCUT2D eigenvalue weighted by Gasteiger charge is -2.11. The fraction of sp³-hybridized carbons (Fsp3) is 0.100. The van der Waals surface area contributed by atoms with E-state index >= 15 is 0 Å². The number of hydrogen-bond donors (Lipinski definition) is 2. The molecule has 3 aromatic rings. The Morgan fingerprint density at radius 3 is 2.48 bits per heavy atom. The molecule has 0 aliphatic carbocycles. The third-order valence-electron chi connectivity index (χ3n) is 3.94. The van der Waals surface area contributed by atoms with Crippen LogP contribution in [-0.2, 0) is 0 Å². The first-order valence-electron chi connectivity index (χ1n) is 7.93. The van der Waals surface area contributed by atoms with E-state index in [-0.39, 0.29) is 11.7 Å². The number of benzene rings is 2. The van der Waals surface area contributed by atoms with Gasteiger partial charge in [0.05, 0.1) is 0 Å². The number of nitrogens with zero attached hydrogens (tertiary/aromatic N) is 2. The Hall–Kier alpha value is -3.34. The van der Waals surface area contributed by atoms with E-state index in [0.717, 1.165) is 17.0 Å². The van der Waals surface area contributed by atoms with Crippen LogP contribution < -0.4 is 5.43 Å². The molecule has 0 fully saturated rings. The van der Waals surface area contributed by atoms with Crippen molar-refractivity contribution in [1.82, 2.24) is 4.68 Å². The number of phenolic OH excluding ortho intramolecular Hbond substituents is 1. The SMILES string of the molecule is Cc1cc(C=Nc2ccccc2O)c(C)n1NC(=O)c1ccccc1. The predicted molar refractivity (Wildman–Crippen MR) is 99.4 cm³/mol. The molecule has 0 bridgehead atoms.